The normalized spacial score (nSPS) is 15.9. The van der Waals surface area contributed by atoms with Gasteiger partial charge < -0.3 is 9.47 Å². The van der Waals surface area contributed by atoms with E-state index in [0.29, 0.717) is 28.6 Å². The van der Waals surface area contributed by atoms with E-state index in [1.807, 2.05) is 30.3 Å². The first-order valence-electron chi connectivity index (χ1n) is 11.0. The van der Waals surface area contributed by atoms with Gasteiger partial charge in [-0.1, -0.05) is 60.7 Å². The van der Waals surface area contributed by atoms with Gasteiger partial charge in [0.05, 0.1) is 16.9 Å². The Bertz CT molecular complexity index is 1420. The second-order valence-corrected chi connectivity index (χ2v) is 10.3. The van der Waals surface area contributed by atoms with Crippen LogP contribution in [0.2, 0.25) is 0 Å². The van der Waals surface area contributed by atoms with Crippen LogP contribution in [0.15, 0.2) is 106 Å². The van der Waals surface area contributed by atoms with E-state index in [2.05, 4.69) is 11.0 Å². The van der Waals surface area contributed by atoms with Gasteiger partial charge in [0.2, 0.25) is 0 Å². The third kappa shape index (κ3) is 5.87. The zero-order chi connectivity index (χ0) is 25.5. The average Bonchev–Trinajstić information content (AvgIpc) is 3.17. The van der Waals surface area contributed by atoms with Crippen molar-refractivity contribution in [1.29, 1.82) is 0 Å². The number of benzene rings is 3. The zero-order valence-electron chi connectivity index (χ0n) is 19.5. The molecule has 1 heterocycles. The van der Waals surface area contributed by atoms with Gasteiger partial charge in [-0.25, -0.2) is 0 Å². The summed E-state index contributed by atoms with van der Waals surface area (Å²) in [7, 11) is -2.43. The Morgan fingerprint density at radius 3 is 2.36 bits per heavy atom. The van der Waals surface area contributed by atoms with E-state index >= 15 is 0 Å². The minimum Gasteiger partial charge on any atom is -0.493 e. The van der Waals surface area contributed by atoms with E-state index in [4.69, 9.17) is 9.47 Å². The van der Waals surface area contributed by atoms with Gasteiger partial charge in [-0.2, -0.15) is 8.42 Å². The summed E-state index contributed by atoms with van der Waals surface area (Å²) in [6, 6.07) is 22.9. The van der Waals surface area contributed by atoms with Crippen LogP contribution in [0.3, 0.4) is 0 Å². The molecule has 0 bridgehead atoms. The van der Waals surface area contributed by atoms with E-state index in [0.717, 1.165) is 17.3 Å². The predicted octanol–water partition coefficient (Wildman–Crippen LogP) is 5.12. The molecule has 1 aliphatic rings. The Hall–Kier alpha value is -3.82. The Morgan fingerprint density at radius 2 is 1.69 bits per heavy atom. The van der Waals surface area contributed by atoms with Crippen LogP contribution in [0.4, 0.5) is 0 Å². The van der Waals surface area contributed by atoms with Crippen LogP contribution in [0.5, 0.6) is 11.5 Å². The van der Waals surface area contributed by atoms with Crippen molar-refractivity contribution in [2.75, 3.05) is 13.7 Å². The van der Waals surface area contributed by atoms with Gasteiger partial charge in [-0.05, 0) is 53.2 Å². The third-order valence-corrected chi connectivity index (χ3v) is 7.57. The molecule has 3 aromatic carbocycles. The van der Waals surface area contributed by atoms with Gasteiger partial charge >= 0.3 is 0 Å². The van der Waals surface area contributed by atoms with Crippen LogP contribution in [-0.2, 0) is 21.4 Å². The molecule has 0 saturated carbocycles. The van der Waals surface area contributed by atoms with Crippen molar-refractivity contribution in [2.45, 2.75) is 11.5 Å². The number of rotatable bonds is 9. The molecule has 1 saturated heterocycles. The topological polar surface area (TPSA) is 85.3 Å². The lowest BCUT2D eigenvalue weighted by Gasteiger charge is -2.12. The lowest BCUT2D eigenvalue weighted by atomic mass is 10.1. The molecular weight excluding hydrogens is 496 g/mol. The van der Waals surface area contributed by atoms with E-state index in [1.54, 1.807) is 49.6 Å². The summed E-state index contributed by atoms with van der Waals surface area (Å²) in [6.07, 6.45) is 3.20. The quantitative estimate of drug-likeness (QED) is 0.288. The van der Waals surface area contributed by atoms with Crippen LogP contribution in [0.25, 0.3) is 6.08 Å². The van der Waals surface area contributed by atoms with Crippen molar-refractivity contribution in [3.05, 3.63) is 108 Å². The van der Waals surface area contributed by atoms with Crippen molar-refractivity contribution >= 4 is 38.9 Å². The highest BCUT2D eigenvalue weighted by molar-refractivity contribution is 8.19. The lowest BCUT2D eigenvalue weighted by Crippen LogP contribution is -2.29. The van der Waals surface area contributed by atoms with E-state index in [-0.39, 0.29) is 22.5 Å². The first-order valence-corrected chi connectivity index (χ1v) is 13.2. The molecule has 36 heavy (non-hydrogen) atoms. The van der Waals surface area contributed by atoms with Crippen molar-refractivity contribution in [2.24, 2.45) is 4.40 Å². The van der Waals surface area contributed by atoms with Gasteiger partial charge in [0.25, 0.3) is 15.9 Å². The van der Waals surface area contributed by atoms with Crippen molar-refractivity contribution in [3.63, 3.8) is 0 Å². The van der Waals surface area contributed by atoms with Crippen LogP contribution >= 0.6 is 11.8 Å². The molecule has 0 aromatic heterocycles. The smallest absolute Gasteiger partial charge is 0.284 e. The van der Waals surface area contributed by atoms with E-state index in [9.17, 15) is 13.2 Å². The average molecular weight is 521 g/mol. The molecule has 0 aliphatic carbocycles. The van der Waals surface area contributed by atoms with Gasteiger partial charge in [0.15, 0.2) is 16.7 Å². The molecule has 0 spiro atoms. The highest BCUT2D eigenvalue weighted by Gasteiger charge is 2.34. The first-order chi connectivity index (χ1) is 17.4. The number of carbonyl (C=O) groups is 1. The minimum absolute atomic E-state index is 0.0527. The minimum atomic E-state index is -3.99. The summed E-state index contributed by atoms with van der Waals surface area (Å²) in [5.74, 6) is 0.724. The predicted molar refractivity (Wildman–Crippen MR) is 142 cm³/mol. The molecule has 0 radical (unpaired) electrons. The Labute approximate surface area is 214 Å². The van der Waals surface area contributed by atoms with Crippen molar-refractivity contribution in [1.82, 2.24) is 4.90 Å². The van der Waals surface area contributed by atoms with Gasteiger partial charge in [-0.3, -0.25) is 9.69 Å². The zero-order valence-corrected chi connectivity index (χ0v) is 21.2. The lowest BCUT2D eigenvalue weighted by molar-refractivity contribution is -0.121. The number of hydrogen-bond donors (Lipinski definition) is 0. The number of thioether (sulfide) groups is 1. The fourth-order valence-electron chi connectivity index (χ4n) is 3.40. The van der Waals surface area contributed by atoms with Gasteiger partial charge in [0.1, 0.15) is 6.61 Å². The maximum atomic E-state index is 13.1. The summed E-state index contributed by atoms with van der Waals surface area (Å²) in [5, 5.41) is 0.0732. The highest BCUT2D eigenvalue weighted by atomic mass is 32.2. The molecule has 0 unspecified atom stereocenters. The third-order valence-electron chi connectivity index (χ3n) is 5.16. The molecular formula is C27H24N2O5S2. The molecule has 9 heteroatoms. The van der Waals surface area contributed by atoms with Crippen LogP contribution in [-0.4, -0.2) is 38.0 Å². The molecule has 0 N–H and O–H groups in total. The maximum absolute atomic E-state index is 13.1. The van der Waals surface area contributed by atoms with Gasteiger partial charge in [0, 0.05) is 6.54 Å². The molecule has 184 valence electrons. The molecule has 1 fully saturated rings. The number of ether oxygens (including phenoxy) is 2. The summed E-state index contributed by atoms with van der Waals surface area (Å²) in [4.78, 5) is 14.8. The van der Waals surface area contributed by atoms with Crippen LogP contribution in [0.1, 0.15) is 11.1 Å². The maximum Gasteiger partial charge on any atom is 0.284 e. The van der Waals surface area contributed by atoms with Crippen molar-refractivity contribution < 1.29 is 22.7 Å². The summed E-state index contributed by atoms with van der Waals surface area (Å²) < 4.78 is 40.9. The highest BCUT2D eigenvalue weighted by Crippen LogP contribution is 2.35. The Balaban J connectivity index is 1.63. The fraction of sp³-hybridized carbons (Fsp3) is 0.111. The number of hydrogen-bond acceptors (Lipinski definition) is 6. The van der Waals surface area contributed by atoms with Crippen molar-refractivity contribution in [3.8, 4) is 11.5 Å². The van der Waals surface area contributed by atoms with E-state index in [1.165, 1.54) is 23.1 Å². The van der Waals surface area contributed by atoms with Crippen LogP contribution < -0.4 is 9.47 Å². The number of amides is 1. The number of amidine groups is 1. The summed E-state index contributed by atoms with van der Waals surface area (Å²) >= 11 is 0.998. The molecule has 1 aliphatic heterocycles. The molecule has 7 nitrogen and oxygen atoms in total. The largest absolute Gasteiger partial charge is 0.493 e. The number of sulfonamides is 1. The second kappa shape index (κ2) is 11.3. The standard InChI is InChI=1S/C27H24N2O5S2/c1-3-16-29-26(30)25(35-27(29)28-36(31,32)22-12-8-5-9-13-22)18-21-14-15-23(33-2)24(17-21)34-19-20-10-6-4-7-11-20/h3-15,17-18H,1,16,19H2,2H3/b25-18-,28-27?. The van der Waals surface area contributed by atoms with E-state index < -0.39 is 10.0 Å². The fourth-order valence-corrected chi connectivity index (χ4v) is 5.61. The SMILES string of the molecule is C=CCN1C(=O)/C(=C/c2ccc(OC)c(OCc3ccccc3)c2)SC1=NS(=O)(=O)c1ccccc1. The number of carbonyl (C=O) groups excluding carboxylic acids is 1. The van der Waals surface area contributed by atoms with Crippen LogP contribution in [0, 0.1) is 0 Å². The number of nitrogens with zero attached hydrogens (tertiary/aromatic N) is 2. The first kappa shape index (κ1) is 25.3. The summed E-state index contributed by atoms with van der Waals surface area (Å²) in [6.45, 7) is 4.15. The monoisotopic (exact) mass is 520 g/mol. The Kier molecular flexibility index (Phi) is 7.92. The summed E-state index contributed by atoms with van der Waals surface area (Å²) in [5.41, 5.74) is 1.70. The van der Waals surface area contributed by atoms with Gasteiger partial charge in [-0.15, -0.1) is 11.0 Å². The molecule has 1 amide bonds. The second-order valence-electron chi connectivity index (χ2n) is 7.66. The Morgan fingerprint density at radius 1 is 1.00 bits per heavy atom. The molecule has 0 atom stereocenters. The molecule has 4 rings (SSSR count). The molecule has 3 aromatic rings. The number of methoxy groups -OCH3 is 1.